The number of aromatic nitrogens is 3. The average Bonchev–Trinajstić information content (AvgIpc) is 3.66. The van der Waals surface area contributed by atoms with Gasteiger partial charge in [0.15, 0.2) is 0 Å². The molecule has 38 heavy (non-hydrogen) atoms. The molecule has 196 valence electrons. The Bertz CT molecular complexity index is 1500. The monoisotopic (exact) mass is 512 g/mol. The van der Waals surface area contributed by atoms with E-state index in [-0.39, 0.29) is 11.9 Å². The average molecular weight is 513 g/mol. The Morgan fingerprint density at radius 1 is 1.24 bits per heavy atom. The van der Waals surface area contributed by atoms with Crippen LogP contribution in [0.5, 0.6) is 0 Å². The number of carbonyl (C=O) groups excluding carboxylic acids is 2. The lowest BCUT2D eigenvalue weighted by Crippen LogP contribution is -2.30. The number of hydrogen-bond donors (Lipinski definition) is 4. The van der Waals surface area contributed by atoms with Gasteiger partial charge in [-0.2, -0.15) is 5.10 Å². The second kappa shape index (κ2) is 11.0. The molecule has 1 unspecified atom stereocenters. The molecule has 0 fully saturated rings. The van der Waals surface area contributed by atoms with E-state index in [1.807, 2.05) is 6.07 Å². The molecule has 0 spiro atoms. The Hall–Kier alpha value is -4.21. The largest absolute Gasteiger partial charge is 0.354 e. The summed E-state index contributed by atoms with van der Waals surface area (Å²) in [5.41, 5.74) is 8.90. The van der Waals surface area contributed by atoms with Gasteiger partial charge in [-0.15, -0.1) is 0 Å². The summed E-state index contributed by atoms with van der Waals surface area (Å²) in [5, 5.41) is 19.7. The first kappa shape index (κ1) is 25.4. The molecule has 2 aromatic carbocycles. The number of amides is 2. The molecule has 1 atom stereocenters. The van der Waals surface area contributed by atoms with Crippen LogP contribution < -0.4 is 10.8 Å². The van der Waals surface area contributed by atoms with Crippen molar-refractivity contribution in [3.63, 3.8) is 0 Å². The highest BCUT2D eigenvalue weighted by Crippen LogP contribution is 2.38. The summed E-state index contributed by atoms with van der Waals surface area (Å²) < 4.78 is 2.17. The molecule has 1 aliphatic rings. The summed E-state index contributed by atoms with van der Waals surface area (Å²) in [6.45, 7) is 1.40. The SMILES string of the molecule is CNC(=O)c1[nH]ncc1CN(CCc1cn(C)c2ccccc12)C1CCc2cc(C=CC(=O)NO)ccc21. The summed E-state index contributed by atoms with van der Waals surface area (Å²) >= 11 is 0. The van der Waals surface area contributed by atoms with Gasteiger partial charge in [0.2, 0.25) is 0 Å². The number of H-pyrrole nitrogens is 1. The van der Waals surface area contributed by atoms with E-state index in [2.05, 4.69) is 74.6 Å². The highest BCUT2D eigenvalue weighted by Gasteiger charge is 2.29. The van der Waals surface area contributed by atoms with Crippen molar-refractivity contribution < 1.29 is 14.8 Å². The van der Waals surface area contributed by atoms with Crippen LogP contribution in [0.1, 0.15) is 50.8 Å². The molecule has 4 N–H and O–H groups in total. The summed E-state index contributed by atoms with van der Waals surface area (Å²) in [6.07, 6.45) is 9.71. The lowest BCUT2D eigenvalue weighted by atomic mass is 10.0. The highest BCUT2D eigenvalue weighted by atomic mass is 16.5. The Labute approximate surface area is 221 Å². The number of hydroxylamine groups is 1. The number of aryl methyl sites for hydroxylation is 2. The number of benzene rings is 2. The first-order valence-electron chi connectivity index (χ1n) is 12.7. The molecular formula is C29H32N6O3. The molecule has 5 rings (SSSR count). The standard InChI is InChI=1S/C29H32N6O3/c1-30-29(37)28-22(16-31-32-28)18-35(14-13-21-17-34(2)25-6-4-3-5-23(21)25)26-11-9-20-15-19(7-10-24(20)26)8-12-27(36)33-38/h3-8,10,12,15-17,26,38H,9,11,13-14,18H2,1-2H3,(H,30,37)(H,31,32)(H,33,36). The second-order valence-electron chi connectivity index (χ2n) is 9.67. The van der Waals surface area contributed by atoms with Crippen molar-refractivity contribution in [3.8, 4) is 0 Å². The summed E-state index contributed by atoms with van der Waals surface area (Å²) in [4.78, 5) is 26.3. The maximum Gasteiger partial charge on any atom is 0.269 e. The lowest BCUT2D eigenvalue weighted by Gasteiger charge is -2.30. The first-order chi connectivity index (χ1) is 18.5. The minimum absolute atomic E-state index is 0.179. The molecule has 0 radical (unpaired) electrons. The molecule has 9 nitrogen and oxygen atoms in total. The molecule has 4 aromatic rings. The molecule has 2 amide bonds. The van der Waals surface area contributed by atoms with E-state index >= 15 is 0 Å². The van der Waals surface area contributed by atoms with E-state index in [0.717, 1.165) is 36.9 Å². The maximum atomic E-state index is 12.4. The van der Waals surface area contributed by atoms with Crippen LogP contribution in [0, 0.1) is 0 Å². The predicted octanol–water partition coefficient (Wildman–Crippen LogP) is 3.51. The zero-order valence-corrected chi connectivity index (χ0v) is 21.6. The fourth-order valence-corrected chi connectivity index (χ4v) is 5.51. The minimum Gasteiger partial charge on any atom is -0.354 e. The van der Waals surface area contributed by atoms with Gasteiger partial charge in [0.25, 0.3) is 11.8 Å². The van der Waals surface area contributed by atoms with Gasteiger partial charge in [-0.05, 0) is 53.7 Å². The van der Waals surface area contributed by atoms with Gasteiger partial charge in [-0.3, -0.25) is 24.8 Å². The molecule has 1 aliphatic carbocycles. The molecule has 0 saturated carbocycles. The van der Waals surface area contributed by atoms with Gasteiger partial charge in [0, 0.05) is 62.0 Å². The predicted molar refractivity (Wildman–Crippen MR) is 145 cm³/mol. The van der Waals surface area contributed by atoms with Crippen molar-refractivity contribution >= 4 is 28.8 Å². The van der Waals surface area contributed by atoms with Gasteiger partial charge >= 0.3 is 0 Å². The van der Waals surface area contributed by atoms with Crippen LogP contribution >= 0.6 is 0 Å². The molecule has 9 heteroatoms. The number of aromatic amines is 1. The number of hydrogen-bond acceptors (Lipinski definition) is 5. The fraction of sp³-hybridized carbons (Fsp3) is 0.276. The van der Waals surface area contributed by atoms with Crippen LogP contribution in [0.25, 0.3) is 17.0 Å². The van der Waals surface area contributed by atoms with E-state index in [9.17, 15) is 9.59 Å². The quantitative estimate of drug-likeness (QED) is 0.156. The normalized spacial score (nSPS) is 14.9. The molecule has 0 bridgehead atoms. The van der Waals surface area contributed by atoms with Crippen molar-refractivity contribution in [2.75, 3.05) is 13.6 Å². The third-order valence-electron chi connectivity index (χ3n) is 7.38. The molecular weight excluding hydrogens is 480 g/mol. The van der Waals surface area contributed by atoms with E-state index < -0.39 is 5.91 Å². The van der Waals surface area contributed by atoms with Crippen molar-refractivity contribution in [3.05, 3.63) is 94.4 Å². The van der Waals surface area contributed by atoms with Crippen molar-refractivity contribution in [2.24, 2.45) is 7.05 Å². The van der Waals surface area contributed by atoms with Crippen LogP contribution in [0.15, 0.2) is 60.9 Å². The maximum absolute atomic E-state index is 12.4. The van der Waals surface area contributed by atoms with Gasteiger partial charge < -0.3 is 9.88 Å². The molecule has 2 aromatic heterocycles. The molecule has 0 aliphatic heterocycles. The molecule has 0 saturated heterocycles. The van der Waals surface area contributed by atoms with Gasteiger partial charge in [-0.25, -0.2) is 5.48 Å². The number of nitrogens with one attached hydrogen (secondary N) is 3. The van der Waals surface area contributed by atoms with E-state index in [1.165, 1.54) is 33.7 Å². The van der Waals surface area contributed by atoms with E-state index in [1.54, 1.807) is 24.8 Å². The second-order valence-corrected chi connectivity index (χ2v) is 9.67. The van der Waals surface area contributed by atoms with E-state index in [0.29, 0.717) is 12.2 Å². The zero-order valence-electron chi connectivity index (χ0n) is 21.6. The number of fused-ring (bicyclic) bond motifs is 2. The Balaban J connectivity index is 1.43. The van der Waals surface area contributed by atoms with Crippen molar-refractivity contribution in [1.29, 1.82) is 0 Å². The number of rotatable bonds is 9. The summed E-state index contributed by atoms with van der Waals surface area (Å²) in [6, 6.07) is 14.9. The van der Waals surface area contributed by atoms with Crippen LogP contribution in [0.2, 0.25) is 0 Å². The first-order valence-corrected chi connectivity index (χ1v) is 12.7. The van der Waals surface area contributed by atoms with Gasteiger partial charge in [0.05, 0.1) is 6.20 Å². The minimum atomic E-state index is -0.560. The number of para-hydroxylation sites is 1. The van der Waals surface area contributed by atoms with Gasteiger partial charge in [-0.1, -0.05) is 36.4 Å². The third-order valence-corrected chi connectivity index (χ3v) is 7.38. The number of nitrogens with zero attached hydrogens (tertiary/aromatic N) is 3. The molecule has 2 heterocycles. The highest BCUT2D eigenvalue weighted by molar-refractivity contribution is 5.93. The zero-order chi connectivity index (χ0) is 26.6. The third kappa shape index (κ3) is 5.11. The summed E-state index contributed by atoms with van der Waals surface area (Å²) in [5.74, 6) is -0.739. The van der Waals surface area contributed by atoms with E-state index in [4.69, 9.17) is 5.21 Å². The fourth-order valence-electron chi connectivity index (χ4n) is 5.51. The lowest BCUT2D eigenvalue weighted by molar-refractivity contribution is -0.124. The van der Waals surface area contributed by atoms with Crippen LogP contribution in [0.4, 0.5) is 0 Å². The van der Waals surface area contributed by atoms with Gasteiger partial charge in [0.1, 0.15) is 5.69 Å². The van der Waals surface area contributed by atoms with Crippen LogP contribution in [-0.4, -0.2) is 50.3 Å². The summed E-state index contributed by atoms with van der Waals surface area (Å²) in [7, 11) is 3.70. The Morgan fingerprint density at radius 3 is 2.89 bits per heavy atom. The van der Waals surface area contributed by atoms with Crippen molar-refractivity contribution in [1.82, 2.24) is 30.5 Å². The Morgan fingerprint density at radius 2 is 2.08 bits per heavy atom. The smallest absolute Gasteiger partial charge is 0.269 e. The van der Waals surface area contributed by atoms with Crippen molar-refractivity contribution in [2.45, 2.75) is 31.8 Å². The van der Waals surface area contributed by atoms with Crippen LogP contribution in [0.3, 0.4) is 0 Å². The Kier molecular flexibility index (Phi) is 7.39. The van der Waals surface area contributed by atoms with Crippen LogP contribution in [-0.2, 0) is 31.2 Å². The topological polar surface area (TPSA) is 115 Å². The number of carbonyl (C=O) groups is 2.